The van der Waals surface area contributed by atoms with Crippen LogP contribution in [0.3, 0.4) is 0 Å². The van der Waals surface area contributed by atoms with E-state index in [1.807, 2.05) is 25.1 Å². The minimum absolute atomic E-state index is 0.0487. The Hall–Kier alpha value is -2.83. The Labute approximate surface area is 158 Å². The van der Waals surface area contributed by atoms with E-state index in [0.717, 1.165) is 6.42 Å². The molecule has 0 spiro atoms. The fourth-order valence-corrected chi connectivity index (χ4v) is 2.65. The Morgan fingerprint density at radius 1 is 1.30 bits per heavy atom. The van der Waals surface area contributed by atoms with E-state index in [1.54, 1.807) is 23.1 Å². The second-order valence-corrected chi connectivity index (χ2v) is 6.75. The molecule has 1 N–H and O–H groups in total. The van der Waals surface area contributed by atoms with Crippen LogP contribution >= 0.6 is 0 Å². The molecule has 0 saturated heterocycles. The summed E-state index contributed by atoms with van der Waals surface area (Å²) < 4.78 is 10.8. The molecule has 0 bridgehead atoms. The lowest BCUT2D eigenvalue weighted by Gasteiger charge is -2.20. The lowest BCUT2D eigenvalue weighted by atomic mass is 10.3. The fraction of sp³-hybridized carbons (Fsp3) is 0.450. The van der Waals surface area contributed by atoms with Crippen LogP contribution in [0.2, 0.25) is 0 Å². The lowest BCUT2D eigenvalue weighted by molar-refractivity contribution is -0.134. The molecular weight excluding hydrogens is 346 g/mol. The molecular formula is C20H25N3O4. The summed E-state index contributed by atoms with van der Waals surface area (Å²) >= 11 is 0. The summed E-state index contributed by atoms with van der Waals surface area (Å²) in [7, 11) is 0. The maximum absolute atomic E-state index is 12.5. The zero-order valence-electron chi connectivity index (χ0n) is 15.5. The van der Waals surface area contributed by atoms with Gasteiger partial charge in [-0.15, -0.1) is 0 Å². The number of nitrogens with one attached hydrogen (secondary N) is 1. The summed E-state index contributed by atoms with van der Waals surface area (Å²) in [6.07, 6.45) is 3.15. The quantitative estimate of drug-likeness (QED) is 0.694. The largest absolute Gasteiger partial charge is 0.484 e. The van der Waals surface area contributed by atoms with Crippen molar-refractivity contribution in [2.75, 3.05) is 19.7 Å². The molecule has 0 unspecified atom stereocenters. The topological polar surface area (TPSA) is 84.7 Å². The van der Waals surface area contributed by atoms with Crippen LogP contribution < -0.4 is 10.1 Å². The van der Waals surface area contributed by atoms with Gasteiger partial charge in [-0.2, -0.15) is 0 Å². The Bertz CT molecular complexity index is 756. The van der Waals surface area contributed by atoms with Gasteiger partial charge in [0.25, 0.3) is 11.8 Å². The molecule has 7 heteroatoms. The smallest absolute Gasteiger partial charge is 0.273 e. The highest BCUT2D eigenvalue weighted by molar-refractivity contribution is 5.92. The maximum atomic E-state index is 12.5. The van der Waals surface area contributed by atoms with E-state index in [0.29, 0.717) is 30.5 Å². The van der Waals surface area contributed by atoms with Gasteiger partial charge in [-0.1, -0.05) is 30.3 Å². The molecule has 3 rings (SSSR count). The highest BCUT2D eigenvalue weighted by atomic mass is 16.5. The summed E-state index contributed by atoms with van der Waals surface area (Å²) in [6, 6.07) is 10.8. The maximum Gasteiger partial charge on any atom is 0.273 e. The number of para-hydroxylation sites is 1. The number of hydrogen-bond acceptors (Lipinski definition) is 5. The molecule has 0 radical (unpaired) electrons. The van der Waals surface area contributed by atoms with E-state index in [9.17, 15) is 9.59 Å². The van der Waals surface area contributed by atoms with Crippen LogP contribution in [0.4, 0.5) is 0 Å². The Morgan fingerprint density at radius 2 is 2.07 bits per heavy atom. The molecule has 1 aliphatic rings. The zero-order chi connectivity index (χ0) is 19.1. The van der Waals surface area contributed by atoms with Crippen LogP contribution in [-0.2, 0) is 11.3 Å². The van der Waals surface area contributed by atoms with Gasteiger partial charge in [0.15, 0.2) is 18.1 Å². The van der Waals surface area contributed by atoms with Gasteiger partial charge in [0, 0.05) is 19.2 Å². The molecule has 1 fully saturated rings. The van der Waals surface area contributed by atoms with E-state index in [2.05, 4.69) is 10.5 Å². The fourth-order valence-electron chi connectivity index (χ4n) is 2.65. The molecule has 1 heterocycles. The molecule has 0 aliphatic heterocycles. The third kappa shape index (κ3) is 5.84. The number of carbonyl (C=O) groups is 2. The number of amides is 2. The monoisotopic (exact) mass is 371 g/mol. The Balaban J connectivity index is 1.53. The average Bonchev–Trinajstić information content (AvgIpc) is 3.41. The Morgan fingerprint density at radius 3 is 2.78 bits per heavy atom. The number of nitrogens with zero attached hydrogens (tertiary/aromatic N) is 2. The van der Waals surface area contributed by atoms with E-state index in [1.165, 1.54) is 12.8 Å². The van der Waals surface area contributed by atoms with Crippen LogP contribution in [0.15, 0.2) is 40.9 Å². The summed E-state index contributed by atoms with van der Waals surface area (Å²) in [5.41, 5.74) is 0.245. The molecule has 2 amide bonds. The van der Waals surface area contributed by atoms with Gasteiger partial charge in [0.2, 0.25) is 0 Å². The van der Waals surface area contributed by atoms with E-state index in [4.69, 9.17) is 9.26 Å². The van der Waals surface area contributed by atoms with Gasteiger partial charge < -0.3 is 19.5 Å². The third-order valence-electron chi connectivity index (χ3n) is 4.34. The average molecular weight is 371 g/mol. The van der Waals surface area contributed by atoms with Crippen molar-refractivity contribution in [2.24, 2.45) is 5.92 Å². The second-order valence-electron chi connectivity index (χ2n) is 6.75. The number of carbonyl (C=O) groups excluding carboxylic acids is 2. The Kier molecular flexibility index (Phi) is 6.46. The van der Waals surface area contributed by atoms with Gasteiger partial charge >= 0.3 is 0 Å². The summed E-state index contributed by atoms with van der Waals surface area (Å²) in [5, 5.41) is 6.68. The van der Waals surface area contributed by atoms with Crippen molar-refractivity contribution in [2.45, 2.75) is 32.7 Å². The van der Waals surface area contributed by atoms with E-state index < -0.39 is 0 Å². The van der Waals surface area contributed by atoms with E-state index in [-0.39, 0.29) is 30.7 Å². The van der Waals surface area contributed by atoms with Gasteiger partial charge in [-0.25, -0.2) is 0 Å². The van der Waals surface area contributed by atoms with Crippen LogP contribution in [0.5, 0.6) is 5.75 Å². The molecule has 2 aromatic rings. The molecule has 27 heavy (non-hydrogen) atoms. The predicted molar refractivity (Wildman–Crippen MR) is 99.2 cm³/mol. The highest BCUT2D eigenvalue weighted by Gasteiger charge is 2.23. The van der Waals surface area contributed by atoms with Crippen molar-refractivity contribution in [1.29, 1.82) is 0 Å². The van der Waals surface area contributed by atoms with Gasteiger partial charge in [-0.3, -0.25) is 9.59 Å². The third-order valence-corrected chi connectivity index (χ3v) is 4.34. The molecule has 1 saturated carbocycles. The predicted octanol–water partition coefficient (Wildman–Crippen LogP) is 2.63. The molecule has 1 aromatic heterocycles. The van der Waals surface area contributed by atoms with Crippen LogP contribution in [0, 0.1) is 5.92 Å². The summed E-state index contributed by atoms with van der Waals surface area (Å²) in [6.45, 7) is 3.45. The van der Waals surface area contributed by atoms with Crippen molar-refractivity contribution in [1.82, 2.24) is 15.4 Å². The SMILES string of the molecule is CCCN(Cc1cc(C(=O)NCC2CC2)no1)C(=O)COc1ccccc1. The normalized spacial score (nSPS) is 13.2. The van der Waals surface area contributed by atoms with Gasteiger partial charge in [-0.05, 0) is 37.3 Å². The first-order valence-corrected chi connectivity index (χ1v) is 9.35. The highest BCUT2D eigenvalue weighted by Crippen LogP contribution is 2.27. The number of hydrogen-bond donors (Lipinski definition) is 1. The molecule has 1 aromatic carbocycles. The number of rotatable bonds is 10. The summed E-state index contributed by atoms with van der Waals surface area (Å²) in [4.78, 5) is 26.2. The van der Waals surface area contributed by atoms with Crippen molar-refractivity contribution in [3.8, 4) is 5.75 Å². The second kappa shape index (κ2) is 9.21. The first-order chi connectivity index (χ1) is 13.2. The van der Waals surface area contributed by atoms with Crippen molar-refractivity contribution in [3.63, 3.8) is 0 Å². The number of ether oxygens (including phenoxy) is 1. The van der Waals surface area contributed by atoms with Crippen molar-refractivity contribution < 1.29 is 18.8 Å². The van der Waals surface area contributed by atoms with Crippen LogP contribution in [0.1, 0.15) is 42.4 Å². The molecule has 0 atom stereocenters. The number of benzene rings is 1. The van der Waals surface area contributed by atoms with Gasteiger partial charge in [0.05, 0.1) is 6.54 Å². The zero-order valence-corrected chi connectivity index (χ0v) is 15.5. The van der Waals surface area contributed by atoms with Crippen LogP contribution in [-0.4, -0.2) is 41.6 Å². The van der Waals surface area contributed by atoms with Crippen LogP contribution in [0.25, 0.3) is 0 Å². The van der Waals surface area contributed by atoms with Gasteiger partial charge in [0.1, 0.15) is 5.75 Å². The molecule has 144 valence electrons. The standard InChI is InChI=1S/C20H25N3O4/c1-2-10-23(19(24)14-26-16-6-4-3-5-7-16)13-17-11-18(22-27-17)20(25)21-12-15-8-9-15/h3-7,11,15H,2,8-10,12-14H2,1H3,(H,21,25). The first-order valence-electron chi connectivity index (χ1n) is 9.35. The van der Waals surface area contributed by atoms with Crippen molar-refractivity contribution in [3.05, 3.63) is 47.9 Å². The molecule has 1 aliphatic carbocycles. The minimum Gasteiger partial charge on any atom is -0.484 e. The summed E-state index contributed by atoms with van der Waals surface area (Å²) in [5.74, 6) is 1.35. The number of aromatic nitrogens is 1. The lowest BCUT2D eigenvalue weighted by Crippen LogP contribution is -2.35. The minimum atomic E-state index is -0.238. The van der Waals surface area contributed by atoms with E-state index >= 15 is 0 Å². The van der Waals surface area contributed by atoms with Crippen molar-refractivity contribution >= 4 is 11.8 Å². The first kappa shape index (κ1) is 18.9. The molecule has 7 nitrogen and oxygen atoms in total.